The van der Waals surface area contributed by atoms with Gasteiger partial charge in [0.1, 0.15) is 11.2 Å². The van der Waals surface area contributed by atoms with Gasteiger partial charge in [-0.1, -0.05) is 188 Å². The van der Waals surface area contributed by atoms with Crippen molar-refractivity contribution in [3.63, 3.8) is 0 Å². The van der Waals surface area contributed by atoms with Gasteiger partial charge in [0.25, 0.3) is 0 Å². The van der Waals surface area contributed by atoms with Crippen molar-refractivity contribution in [2.75, 3.05) is 4.90 Å². The van der Waals surface area contributed by atoms with Gasteiger partial charge in [-0.15, -0.1) is 0 Å². The van der Waals surface area contributed by atoms with E-state index in [0.29, 0.717) is 0 Å². The van der Waals surface area contributed by atoms with Gasteiger partial charge in [0, 0.05) is 55.1 Å². The Hall–Kier alpha value is -9.18. The second-order valence-corrected chi connectivity index (χ2v) is 18.0. The van der Waals surface area contributed by atoms with Crippen LogP contribution in [0.3, 0.4) is 0 Å². The molecular formula is C66H42N2O. The summed E-state index contributed by atoms with van der Waals surface area (Å²) >= 11 is 0. The molecule has 0 atom stereocenters. The van der Waals surface area contributed by atoms with E-state index in [-0.39, 0.29) is 0 Å². The highest BCUT2D eigenvalue weighted by Gasteiger charge is 2.19. The van der Waals surface area contributed by atoms with E-state index in [9.17, 15) is 0 Å². The average molecular weight is 879 g/mol. The quantitative estimate of drug-likeness (QED) is 0.149. The summed E-state index contributed by atoms with van der Waals surface area (Å²) in [6, 6.07) is 92.4. The zero-order chi connectivity index (χ0) is 45.4. The van der Waals surface area contributed by atoms with Crippen LogP contribution in [0, 0.1) is 0 Å². The van der Waals surface area contributed by atoms with Crippen LogP contribution in [0.5, 0.6) is 0 Å². The van der Waals surface area contributed by atoms with Crippen molar-refractivity contribution in [1.82, 2.24) is 4.57 Å². The predicted molar refractivity (Wildman–Crippen MR) is 292 cm³/mol. The van der Waals surface area contributed by atoms with Crippen LogP contribution in [0.2, 0.25) is 0 Å². The summed E-state index contributed by atoms with van der Waals surface area (Å²) in [4.78, 5) is 2.36. The molecular weight excluding hydrogens is 837 g/mol. The molecule has 2 aromatic heterocycles. The molecule has 0 aliphatic heterocycles. The van der Waals surface area contributed by atoms with Gasteiger partial charge in [0.05, 0.1) is 16.7 Å². The number of benzene rings is 12. The first-order chi connectivity index (χ1) is 34.2. The molecule has 0 unspecified atom stereocenters. The first-order valence-corrected chi connectivity index (χ1v) is 23.7. The maximum atomic E-state index is 6.77. The second-order valence-electron chi connectivity index (χ2n) is 18.0. The monoisotopic (exact) mass is 878 g/mol. The van der Waals surface area contributed by atoms with Crippen molar-refractivity contribution < 1.29 is 4.42 Å². The van der Waals surface area contributed by atoms with Crippen molar-refractivity contribution in [2.45, 2.75) is 0 Å². The maximum absolute atomic E-state index is 6.77. The predicted octanol–water partition coefficient (Wildman–Crippen LogP) is 18.6. The number of rotatable bonds is 7. The van der Waals surface area contributed by atoms with Crippen LogP contribution >= 0.6 is 0 Å². The van der Waals surface area contributed by atoms with Gasteiger partial charge in [0.15, 0.2) is 0 Å². The van der Waals surface area contributed by atoms with E-state index < -0.39 is 0 Å². The zero-order valence-electron chi connectivity index (χ0n) is 37.6. The van der Waals surface area contributed by atoms with Gasteiger partial charge in [-0.2, -0.15) is 0 Å². The molecule has 0 N–H and O–H groups in total. The van der Waals surface area contributed by atoms with Crippen LogP contribution in [0.4, 0.5) is 17.1 Å². The van der Waals surface area contributed by atoms with Gasteiger partial charge in [-0.25, -0.2) is 0 Å². The lowest BCUT2D eigenvalue weighted by atomic mass is 9.97. The summed E-state index contributed by atoms with van der Waals surface area (Å²) in [6.45, 7) is 0. The smallest absolute Gasteiger partial charge is 0.143 e. The number of aromatic nitrogens is 1. The number of fused-ring (bicyclic) bond motifs is 11. The van der Waals surface area contributed by atoms with Crippen molar-refractivity contribution in [3.05, 3.63) is 255 Å². The summed E-state index contributed by atoms with van der Waals surface area (Å²) in [5.74, 6) is 0. The topological polar surface area (TPSA) is 21.3 Å². The SMILES string of the molecule is c1ccc(-n2c3ccccc3c3ccccc32)c(-c2ccc(N(c3ccc(-c4ccc5ccc6ccccc6c5c4)cc3)c3ccc(-c4cccc5c4oc4c6ccccc6ccc54)cc3)cc2)c1. The molecule has 2 heterocycles. The molecule has 14 aromatic rings. The van der Waals surface area contributed by atoms with Gasteiger partial charge in [-0.05, 0) is 116 Å². The van der Waals surface area contributed by atoms with Gasteiger partial charge < -0.3 is 13.9 Å². The molecule has 0 aliphatic carbocycles. The molecule has 0 fully saturated rings. The second kappa shape index (κ2) is 15.7. The lowest BCUT2D eigenvalue weighted by Crippen LogP contribution is -2.09. The Morgan fingerprint density at radius 2 is 0.725 bits per heavy atom. The highest BCUT2D eigenvalue weighted by atomic mass is 16.3. The molecule has 3 nitrogen and oxygen atoms in total. The summed E-state index contributed by atoms with van der Waals surface area (Å²) in [7, 11) is 0. The molecule has 69 heavy (non-hydrogen) atoms. The fraction of sp³-hybridized carbons (Fsp3) is 0. The summed E-state index contributed by atoms with van der Waals surface area (Å²) < 4.78 is 9.18. The van der Waals surface area contributed by atoms with Crippen LogP contribution in [0.1, 0.15) is 0 Å². The lowest BCUT2D eigenvalue weighted by molar-refractivity contribution is 0.674. The Morgan fingerprint density at radius 3 is 1.41 bits per heavy atom. The van der Waals surface area contributed by atoms with E-state index in [0.717, 1.165) is 66.8 Å². The third-order valence-electron chi connectivity index (χ3n) is 14.2. The molecule has 0 aliphatic rings. The fourth-order valence-corrected chi connectivity index (χ4v) is 10.9. The van der Waals surface area contributed by atoms with Crippen molar-refractivity contribution in [1.29, 1.82) is 0 Å². The Kier molecular flexibility index (Phi) is 8.90. The lowest BCUT2D eigenvalue weighted by Gasteiger charge is -2.26. The molecule has 0 amide bonds. The average Bonchev–Trinajstić information content (AvgIpc) is 3.98. The first kappa shape index (κ1) is 39.0. The summed E-state index contributed by atoms with van der Waals surface area (Å²) in [5, 5.41) is 12.1. The largest absolute Gasteiger partial charge is 0.455 e. The minimum Gasteiger partial charge on any atom is -0.455 e. The van der Waals surface area contributed by atoms with Gasteiger partial charge in [0.2, 0.25) is 0 Å². The normalized spacial score (nSPS) is 11.8. The first-order valence-electron chi connectivity index (χ1n) is 23.7. The highest BCUT2D eigenvalue weighted by Crippen LogP contribution is 2.43. The third-order valence-corrected chi connectivity index (χ3v) is 14.2. The maximum Gasteiger partial charge on any atom is 0.143 e. The van der Waals surface area contributed by atoms with E-state index in [1.807, 2.05) is 0 Å². The molecule has 322 valence electrons. The summed E-state index contributed by atoms with van der Waals surface area (Å²) in [6.07, 6.45) is 0. The minimum atomic E-state index is 0.905. The number of para-hydroxylation sites is 4. The number of anilines is 3. The molecule has 3 heteroatoms. The Labute approximate surface area is 399 Å². The number of nitrogens with zero attached hydrogens (tertiary/aromatic N) is 2. The van der Waals surface area contributed by atoms with Crippen molar-refractivity contribution in [2.24, 2.45) is 0 Å². The van der Waals surface area contributed by atoms with Gasteiger partial charge >= 0.3 is 0 Å². The van der Waals surface area contributed by atoms with Crippen LogP contribution in [0.25, 0.3) is 115 Å². The number of hydrogen-bond donors (Lipinski definition) is 0. The molecule has 0 saturated heterocycles. The van der Waals surface area contributed by atoms with E-state index in [1.165, 1.54) is 65.4 Å². The van der Waals surface area contributed by atoms with Crippen molar-refractivity contribution in [3.8, 4) is 39.1 Å². The molecule has 0 spiro atoms. The third kappa shape index (κ3) is 6.36. The molecule has 12 aromatic carbocycles. The van der Waals surface area contributed by atoms with Crippen LogP contribution in [0.15, 0.2) is 259 Å². The van der Waals surface area contributed by atoms with Crippen molar-refractivity contribution >= 4 is 93.1 Å². The molecule has 0 saturated carbocycles. The Bertz CT molecular complexity index is 4240. The van der Waals surface area contributed by atoms with E-state index in [2.05, 4.69) is 264 Å². The van der Waals surface area contributed by atoms with Gasteiger partial charge in [-0.3, -0.25) is 0 Å². The number of hydrogen-bond acceptors (Lipinski definition) is 2. The zero-order valence-corrected chi connectivity index (χ0v) is 37.6. The fourth-order valence-electron chi connectivity index (χ4n) is 10.9. The molecule has 14 rings (SSSR count). The number of furan rings is 1. The Morgan fingerprint density at radius 1 is 0.275 bits per heavy atom. The molecule has 0 radical (unpaired) electrons. The Balaban J connectivity index is 0.872. The molecule has 0 bridgehead atoms. The van der Waals surface area contributed by atoms with E-state index in [1.54, 1.807) is 0 Å². The van der Waals surface area contributed by atoms with Crippen LogP contribution in [-0.2, 0) is 0 Å². The standard InChI is InChI=1S/C66H42N2O/c1-3-14-53-44(12-1)24-25-48-26-27-49(42-61(48)53)43-28-35-50(36-29-43)67(52-39-32-47(33-40-52)56-19-11-20-59-60-41-34-45-13-2-4-16-55(45)66(60)69-65(56)59)51-37-30-46(31-38-51)54-15-5-8-21-62(54)68-63-22-9-6-17-57(63)58-18-7-10-23-64(58)68/h1-42H. The van der Waals surface area contributed by atoms with Crippen LogP contribution < -0.4 is 4.90 Å². The van der Waals surface area contributed by atoms with E-state index in [4.69, 9.17) is 4.42 Å². The van der Waals surface area contributed by atoms with E-state index >= 15 is 0 Å². The summed E-state index contributed by atoms with van der Waals surface area (Å²) in [5.41, 5.74) is 15.4. The highest BCUT2D eigenvalue weighted by molar-refractivity contribution is 6.17. The minimum absolute atomic E-state index is 0.905. The van der Waals surface area contributed by atoms with Crippen LogP contribution in [-0.4, -0.2) is 4.57 Å².